The van der Waals surface area contributed by atoms with Gasteiger partial charge in [-0.15, -0.1) is 0 Å². The fourth-order valence-electron chi connectivity index (χ4n) is 5.24. The molecule has 3 fully saturated rings. The van der Waals surface area contributed by atoms with Crippen LogP contribution in [0, 0.1) is 28.6 Å². The maximum atomic E-state index is 9.45. The molecule has 3 aliphatic rings. The zero-order valence-electron chi connectivity index (χ0n) is 18.4. The highest BCUT2D eigenvalue weighted by Gasteiger charge is 2.28. The van der Waals surface area contributed by atoms with E-state index in [2.05, 4.69) is 46.0 Å². The second kappa shape index (κ2) is 10.9. The molecule has 0 bridgehead atoms. The van der Waals surface area contributed by atoms with Crippen molar-refractivity contribution < 1.29 is 0 Å². The van der Waals surface area contributed by atoms with Gasteiger partial charge in [0.15, 0.2) is 5.57 Å². The molecule has 0 saturated carbocycles. The first kappa shape index (κ1) is 21.9. The highest BCUT2D eigenvalue weighted by Crippen LogP contribution is 2.25. The summed E-state index contributed by atoms with van der Waals surface area (Å²) in [6.45, 7) is 12.1. The topological polar surface area (TPSA) is 69.3 Å². The molecule has 0 aromatic rings. The molecule has 3 heterocycles. The number of nitrogens with one attached hydrogen (secondary N) is 1. The van der Waals surface area contributed by atoms with Gasteiger partial charge in [-0.25, -0.2) is 0 Å². The Morgan fingerprint density at radius 3 is 2.07 bits per heavy atom. The van der Waals surface area contributed by atoms with Crippen LogP contribution in [0.4, 0.5) is 0 Å². The van der Waals surface area contributed by atoms with Crippen LogP contribution in [0.2, 0.25) is 0 Å². The van der Waals surface area contributed by atoms with E-state index in [4.69, 9.17) is 0 Å². The Hall–Kier alpha value is -1.76. The van der Waals surface area contributed by atoms with Crippen LogP contribution in [-0.4, -0.2) is 72.6 Å². The average molecular weight is 399 g/mol. The van der Waals surface area contributed by atoms with E-state index in [1.807, 2.05) is 0 Å². The summed E-state index contributed by atoms with van der Waals surface area (Å²) in [6, 6.07) is 5.64. The van der Waals surface area contributed by atoms with Crippen LogP contribution in [0.3, 0.4) is 0 Å². The quantitative estimate of drug-likeness (QED) is 0.501. The fourth-order valence-corrected chi connectivity index (χ4v) is 5.24. The predicted octanol–water partition coefficient (Wildman–Crippen LogP) is 2.91. The lowest BCUT2D eigenvalue weighted by Crippen LogP contribution is -2.42. The summed E-state index contributed by atoms with van der Waals surface area (Å²) in [6.07, 6.45) is 8.60. The number of likely N-dealkylation sites (tertiary alicyclic amines) is 3. The second-order valence-electron chi connectivity index (χ2n) is 9.17. The largest absolute Gasteiger partial charge is 0.370 e. The summed E-state index contributed by atoms with van der Waals surface area (Å²) in [5.41, 5.74) is 0.228. The van der Waals surface area contributed by atoms with E-state index in [9.17, 15) is 10.5 Å². The third-order valence-electron chi connectivity index (χ3n) is 7.18. The van der Waals surface area contributed by atoms with Gasteiger partial charge in [0.25, 0.3) is 0 Å². The van der Waals surface area contributed by atoms with Crippen LogP contribution in [0.15, 0.2) is 11.4 Å². The molecule has 29 heavy (non-hydrogen) atoms. The molecule has 0 aliphatic carbocycles. The Morgan fingerprint density at radius 2 is 1.52 bits per heavy atom. The number of hydrogen-bond acceptors (Lipinski definition) is 6. The SMILES string of the molecule is CC1CCCN1CCCNC(=C(C#N)C#N)N1CCC(CN2CCCC2C)CC1. The van der Waals surface area contributed by atoms with Crippen LogP contribution in [0.25, 0.3) is 0 Å². The average Bonchev–Trinajstić information content (AvgIpc) is 3.33. The lowest BCUT2D eigenvalue weighted by atomic mass is 9.95. The van der Waals surface area contributed by atoms with Crippen LogP contribution in [0.5, 0.6) is 0 Å². The summed E-state index contributed by atoms with van der Waals surface area (Å²) < 4.78 is 0. The Morgan fingerprint density at radius 1 is 0.897 bits per heavy atom. The van der Waals surface area contributed by atoms with Gasteiger partial charge in [0, 0.05) is 44.8 Å². The minimum Gasteiger partial charge on any atom is -0.370 e. The van der Waals surface area contributed by atoms with Crippen molar-refractivity contribution in [2.75, 3.05) is 45.8 Å². The highest BCUT2D eigenvalue weighted by atomic mass is 15.3. The van der Waals surface area contributed by atoms with Crippen molar-refractivity contribution in [3.63, 3.8) is 0 Å². The van der Waals surface area contributed by atoms with Crippen LogP contribution in [0.1, 0.15) is 58.8 Å². The summed E-state index contributed by atoms with van der Waals surface area (Å²) in [5.74, 6) is 1.50. The monoisotopic (exact) mass is 398 g/mol. The molecule has 6 nitrogen and oxygen atoms in total. The van der Waals surface area contributed by atoms with E-state index in [-0.39, 0.29) is 5.57 Å². The maximum Gasteiger partial charge on any atom is 0.169 e. The lowest BCUT2D eigenvalue weighted by molar-refractivity contribution is 0.155. The molecule has 0 aromatic carbocycles. The number of nitriles is 2. The molecule has 3 rings (SSSR count). The van der Waals surface area contributed by atoms with Crippen molar-refractivity contribution in [3.05, 3.63) is 11.4 Å². The van der Waals surface area contributed by atoms with Gasteiger partial charge in [0.05, 0.1) is 0 Å². The van der Waals surface area contributed by atoms with Crippen LogP contribution in [-0.2, 0) is 0 Å². The molecule has 2 unspecified atom stereocenters. The van der Waals surface area contributed by atoms with E-state index in [0.717, 1.165) is 63.2 Å². The molecule has 3 saturated heterocycles. The van der Waals surface area contributed by atoms with Gasteiger partial charge >= 0.3 is 0 Å². The van der Waals surface area contributed by atoms with Gasteiger partial charge in [-0.05, 0) is 77.8 Å². The minimum atomic E-state index is 0.228. The lowest BCUT2D eigenvalue weighted by Gasteiger charge is -2.37. The smallest absolute Gasteiger partial charge is 0.169 e. The molecular formula is C23H38N6. The van der Waals surface area contributed by atoms with Crippen molar-refractivity contribution >= 4 is 0 Å². The molecule has 0 amide bonds. The first-order valence-corrected chi connectivity index (χ1v) is 11.6. The summed E-state index contributed by atoms with van der Waals surface area (Å²) in [4.78, 5) is 7.43. The molecule has 2 atom stereocenters. The fraction of sp³-hybridized carbons (Fsp3) is 0.826. The molecule has 3 aliphatic heterocycles. The minimum absolute atomic E-state index is 0.228. The number of hydrogen-bond donors (Lipinski definition) is 1. The van der Waals surface area contributed by atoms with Crippen molar-refractivity contribution in [2.45, 2.75) is 70.9 Å². The Labute approximate surface area is 177 Å². The predicted molar refractivity (Wildman–Crippen MR) is 116 cm³/mol. The molecule has 6 heteroatoms. The Balaban J connectivity index is 1.48. The number of nitrogens with zero attached hydrogens (tertiary/aromatic N) is 5. The molecule has 160 valence electrons. The normalized spacial score (nSPS) is 26.3. The van der Waals surface area contributed by atoms with Gasteiger partial charge in [-0.1, -0.05) is 0 Å². The zero-order chi connectivity index (χ0) is 20.6. The van der Waals surface area contributed by atoms with Gasteiger partial charge in [0.2, 0.25) is 0 Å². The maximum absolute atomic E-state index is 9.45. The van der Waals surface area contributed by atoms with E-state index in [0.29, 0.717) is 6.04 Å². The summed E-state index contributed by atoms with van der Waals surface area (Å²) >= 11 is 0. The number of rotatable bonds is 8. The molecule has 0 aromatic heterocycles. The number of piperidine rings is 1. The van der Waals surface area contributed by atoms with Gasteiger partial charge in [-0.2, -0.15) is 10.5 Å². The van der Waals surface area contributed by atoms with Crippen molar-refractivity contribution in [2.24, 2.45) is 5.92 Å². The standard InChI is InChI=1S/C23H38N6/c1-19-6-3-11-27(19)13-5-10-26-23(22(16-24)17-25)28-14-8-21(9-15-28)18-29-12-4-7-20(29)2/h19-21,26H,3-15,18H2,1-2H3. The van der Waals surface area contributed by atoms with E-state index in [1.165, 1.54) is 45.3 Å². The highest BCUT2D eigenvalue weighted by molar-refractivity contribution is 5.39. The Bertz CT molecular complexity index is 621. The molecule has 0 spiro atoms. The summed E-state index contributed by atoms with van der Waals surface area (Å²) in [5, 5.41) is 22.3. The van der Waals surface area contributed by atoms with Crippen molar-refractivity contribution in [3.8, 4) is 12.1 Å². The third kappa shape index (κ3) is 5.87. The van der Waals surface area contributed by atoms with E-state index >= 15 is 0 Å². The van der Waals surface area contributed by atoms with Crippen LogP contribution >= 0.6 is 0 Å². The van der Waals surface area contributed by atoms with Gasteiger partial charge in [-0.3, -0.25) is 0 Å². The van der Waals surface area contributed by atoms with E-state index in [1.54, 1.807) is 0 Å². The first-order chi connectivity index (χ1) is 14.1. The third-order valence-corrected chi connectivity index (χ3v) is 7.18. The van der Waals surface area contributed by atoms with Gasteiger partial charge in [0.1, 0.15) is 18.0 Å². The second-order valence-corrected chi connectivity index (χ2v) is 9.17. The molecule has 1 N–H and O–H groups in total. The molecular weight excluding hydrogens is 360 g/mol. The Kier molecular flexibility index (Phi) is 8.21. The van der Waals surface area contributed by atoms with Crippen molar-refractivity contribution in [1.82, 2.24) is 20.0 Å². The van der Waals surface area contributed by atoms with Crippen LogP contribution < -0.4 is 5.32 Å². The zero-order valence-corrected chi connectivity index (χ0v) is 18.4. The molecule has 0 radical (unpaired) electrons. The van der Waals surface area contributed by atoms with E-state index < -0.39 is 0 Å². The summed E-state index contributed by atoms with van der Waals surface area (Å²) in [7, 11) is 0. The number of allylic oxidation sites excluding steroid dienone is 1. The van der Waals surface area contributed by atoms with Crippen molar-refractivity contribution in [1.29, 1.82) is 10.5 Å². The first-order valence-electron chi connectivity index (χ1n) is 11.6. The van der Waals surface area contributed by atoms with Gasteiger partial charge < -0.3 is 20.0 Å².